The van der Waals surface area contributed by atoms with Crippen molar-refractivity contribution in [2.24, 2.45) is 0 Å². The molecular weight excluding hydrogens is 208 g/mol. The Morgan fingerprint density at radius 3 is 2.65 bits per heavy atom. The molecule has 0 unspecified atom stereocenters. The van der Waals surface area contributed by atoms with E-state index in [1.807, 2.05) is 26.8 Å². The molecule has 0 aromatic carbocycles. The summed E-state index contributed by atoms with van der Waals surface area (Å²) >= 11 is 0. The van der Waals surface area contributed by atoms with Crippen molar-refractivity contribution < 1.29 is 0 Å². The fourth-order valence-corrected chi connectivity index (χ4v) is 1.37. The topological polar surface area (TPSA) is 25.8 Å². The van der Waals surface area contributed by atoms with Crippen molar-refractivity contribution in [3.63, 3.8) is 0 Å². The van der Waals surface area contributed by atoms with E-state index in [-0.39, 0.29) is 0 Å². The van der Waals surface area contributed by atoms with Gasteiger partial charge < -0.3 is 0 Å². The van der Waals surface area contributed by atoms with Crippen molar-refractivity contribution in [1.82, 2.24) is 9.97 Å². The van der Waals surface area contributed by atoms with E-state index in [9.17, 15) is 0 Å². The molecule has 0 bridgehead atoms. The van der Waals surface area contributed by atoms with Crippen molar-refractivity contribution in [3.8, 4) is 11.8 Å². The van der Waals surface area contributed by atoms with Gasteiger partial charge in [-0.1, -0.05) is 38.0 Å². The molecule has 0 saturated heterocycles. The Labute approximate surface area is 104 Å². The largest absolute Gasteiger partial charge is 0.242 e. The van der Waals surface area contributed by atoms with Gasteiger partial charge in [0, 0.05) is 11.8 Å². The summed E-state index contributed by atoms with van der Waals surface area (Å²) < 4.78 is 0. The average Bonchev–Trinajstić information content (AvgIpc) is 2.40. The highest BCUT2D eigenvalue weighted by Crippen LogP contribution is 2.08. The molecule has 1 aliphatic rings. The number of rotatable bonds is 0. The zero-order valence-electron chi connectivity index (χ0n) is 10.7. The van der Waals surface area contributed by atoms with Crippen LogP contribution in [0.5, 0.6) is 0 Å². The zero-order valence-corrected chi connectivity index (χ0v) is 10.7. The minimum Gasteiger partial charge on any atom is -0.242 e. The molecule has 0 amide bonds. The van der Waals surface area contributed by atoms with E-state index in [4.69, 9.17) is 0 Å². The number of aromatic nitrogens is 2. The monoisotopic (exact) mass is 226 g/mol. The summed E-state index contributed by atoms with van der Waals surface area (Å²) in [6.07, 6.45) is 10.3. The maximum atomic E-state index is 4.22. The van der Waals surface area contributed by atoms with Gasteiger partial charge in [-0.05, 0) is 31.8 Å². The number of allylic oxidation sites excluding steroid dienone is 4. The normalized spacial score (nSPS) is 12.8. The van der Waals surface area contributed by atoms with Crippen LogP contribution in [0.4, 0.5) is 0 Å². The molecule has 0 radical (unpaired) electrons. The number of hydrogen-bond acceptors (Lipinski definition) is 2. The molecule has 2 rings (SSSR count). The van der Waals surface area contributed by atoms with Crippen molar-refractivity contribution >= 4 is 0 Å². The highest BCUT2D eigenvalue weighted by molar-refractivity contribution is 5.43. The van der Waals surface area contributed by atoms with Gasteiger partial charge >= 0.3 is 0 Å². The Bertz CT molecular complexity index is 473. The van der Waals surface area contributed by atoms with Gasteiger partial charge in [-0.2, -0.15) is 0 Å². The van der Waals surface area contributed by atoms with Gasteiger partial charge in [0.1, 0.15) is 11.5 Å². The predicted octanol–water partition coefficient (Wildman–Crippen LogP) is 3.44. The first-order valence-corrected chi connectivity index (χ1v) is 6.03. The molecule has 0 aliphatic heterocycles. The molecule has 17 heavy (non-hydrogen) atoms. The molecule has 1 aliphatic carbocycles. The SMILES string of the molecule is CC.Cc1nccc(C#CC2=CCCC=C2)n1. The highest BCUT2D eigenvalue weighted by atomic mass is 14.9. The Morgan fingerprint density at radius 1 is 1.18 bits per heavy atom. The third kappa shape index (κ3) is 4.65. The molecule has 0 N–H and O–H groups in total. The summed E-state index contributed by atoms with van der Waals surface area (Å²) in [5.41, 5.74) is 1.86. The molecule has 1 aromatic heterocycles. The summed E-state index contributed by atoms with van der Waals surface area (Å²) in [6.45, 7) is 5.87. The maximum Gasteiger partial charge on any atom is 0.126 e. The molecule has 1 heterocycles. The summed E-state index contributed by atoms with van der Waals surface area (Å²) in [7, 11) is 0. The van der Waals surface area contributed by atoms with E-state index < -0.39 is 0 Å². The van der Waals surface area contributed by atoms with Gasteiger partial charge in [0.25, 0.3) is 0 Å². The zero-order chi connectivity index (χ0) is 12.5. The van der Waals surface area contributed by atoms with Crippen LogP contribution in [0.2, 0.25) is 0 Å². The molecule has 2 nitrogen and oxygen atoms in total. The number of nitrogens with zero attached hydrogens (tertiary/aromatic N) is 2. The van der Waals surface area contributed by atoms with Crippen molar-refractivity contribution in [1.29, 1.82) is 0 Å². The molecule has 0 spiro atoms. The first-order chi connectivity index (χ1) is 8.34. The van der Waals surface area contributed by atoms with Crippen LogP contribution in [0.15, 0.2) is 36.1 Å². The van der Waals surface area contributed by atoms with Crippen LogP contribution in [0, 0.1) is 18.8 Å². The van der Waals surface area contributed by atoms with Gasteiger partial charge in [0.05, 0.1) is 0 Å². The van der Waals surface area contributed by atoms with Gasteiger partial charge in [0.2, 0.25) is 0 Å². The fraction of sp³-hybridized carbons (Fsp3) is 0.333. The lowest BCUT2D eigenvalue weighted by Crippen LogP contribution is -1.89. The van der Waals surface area contributed by atoms with E-state index in [0.29, 0.717) is 0 Å². The van der Waals surface area contributed by atoms with Crippen molar-refractivity contribution in [2.45, 2.75) is 33.6 Å². The van der Waals surface area contributed by atoms with Crippen LogP contribution in [0.3, 0.4) is 0 Å². The van der Waals surface area contributed by atoms with E-state index in [0.717, 1.165) is 29.9 Å². The Morgan fingerprint density at radius 2 is 2.00 bits per heavy atom. The first-order valence-electron chi connectivity index (χ1n) is 6.03. The first kappa shape index (κ1) is 13.2. The van der Waals surface area contributed by atoms with Crippen LogP contribution in [-0.4, -0.2) is 9.97 Å². The van der Waals surface area contributed by atoms with Gasteiger partial charge in [-0.15, -0.1) is 0 Å². The summed E-state index contributed by atoms with van der Waals surface area (Å²) in [5, 5.41) is 0. The van der Waals surface area contributed by atoms with E-state index in [1.54, 1.807) is 6.20 Å². The predicted molar refractivity (Wildman–Crippen MR) is 71.5 cm³/mol. The van der Waals surface area contributed by atoms with Crippen molar-refractivity contribution in [3.05, 3.63) is 47.6 Å². The summed E-state index contributed by atoms with van der Waals surface area (Å²) in [5.74, 6) is 6.89. The second-order valence-corrected chi connectivity index (χ2v) is 3.38. The second-order valence-electron chi connectivity index (χ2n) is 3.38. The summed E-state index contributed by atoms with van der Waals surface area (Å²) in [6, 6.07) is 1.83. The van der Waals surface area contributed by atoms with Crippen LogP contribution < -0.4 is 0 Å². The third-order valence-electron chi connectivity index (χ3n) is 2.11. The van der Waals surface area contributed by atoms with E-state index in [1.165, 1.54) is 0 Å². The molecule has 2 heteroatoms. The molecule has 1 aromatic rings. The fourth-order valence-electron chi connectivity index (χ4n) is 1.37. The Hall–Kier alpha value is -1.88. The smallest absolute Gasteiger partial charge is 0.126 e. The molecule has 0 atom stereocenters. The molecule has 0 saturated carbocycles. The standard InChI is InChI=1S/C13H12N2.C2H6/c1-11-14-10-9-13(15-11)8-7-12-5-3-2-4-6-12;1-2/h3,5-6,9-10H,2,4H2,1H3;1-2H3. The lowest BCUT2D eigenvalue weighted by molar-refractivity contribution is 1.03. The van der Waals surface area contributed by atoms with E-state index in [2.05, 4.69) is 40.0 Å². The van der Waals surface area contributed by atoms with E-state index >= 15 is 0 Å². The minimum atomic E-state index is 0.759. The van der Waals surface area contributed by atoms with Crippen molar-refractivity contribution in [2.75, 3.05) is 0 Å². The van der Waals surface area contributed by atoms with Gasteiger partial charge in [-0.3, -0.25) is 0 Å². The number of aryl methyl sites for hydroxylation is 1. The second kappa shape index (κ2) is 7.40. The number of hydrogen-bond donors (Lipinski definition) is 0. The van der Waals surface area contributed by atoms with Gasteiger partial charge in [0.15, 0.2) is 0 Å². The van der Waals surface area contributed by atoms with Crippen LogP contribution in [0.1, 0.15) is 38.2 Å². The Kier molecular flexibility index (Phi) is 5.74. The molecule has 0 fully saturated rings. The van der Waals surface area contributed by atoms with Crippen LogP contribution in [0.25, 0.3) is 0 Å². The maximum absolute atomic E-state index is 4.22. The Balaban J connectivity index is 0.000000686. The van der Waals surface area contributed by atoms with Gasteiger partial charge in [-0.25, -0.2) is 9.97 Å². The lowest BCUT2D eigenvalue weighted by Gasteiger charge is -1.97. The van der Waals surface area contributed by atoms with Crippen LogP contribution >= 0.6 is 0 Å². The molecule has 88 valence electrons. The molecular formula is C15H18N2. The average molecular weight is 226 g/mol. The van der Waals surface area contributed by atoms with Crippen LogP contribution in [-0.2, 0) is 0 Å². The highest BCUT2D eigenvalue weighted by Gasteiger charge is 1.93. The quantitative estimate of drug-likeness (QED) is 0.633. The lowest BCUT2D eigenvalue weighted by atomic mass is 10.1. The summed E-state index contributed by atoms with van der Waals surface area (Å²) in [4.78, 5) is 8.25. The third-order valence-corrected chi connectivity index (χ3v) is 2.11. The minimum absolute atomic E-state index is 0.759.